The summed E-state index contributed by atoms with van der Waals surface area (Å²) in [6.45, 7) is 6.51. The van der Waals surface area contributed by atoms with Crippen molar-refractivity contribution in [1.29, 1.82) is 0 Å². The molecule has 1 saturated heterocycles. The molecule has 0 aromatic rings. The summed E-state index contributed by atoms with van der Waals surface area (Å²) in [4.78, 5) is 13.4. The van der Waals surface area contributed by atoms with E-state index < -0.39 is 5.60 Å². The maximum Gasteiger partial charge on any atom is 0.410 e. The fourth-order valence-corrected chi connectivity index (χ4v) is 1.72. The van der Waals surface area contributed by atoms with Gasteiger partial charge in [-0.25, -0.2) is 4.79 Å². The minimum absolute atomic E-state index is 0.0195. The van der Waals surface area contributed by atoms with Crippen molar-refractivity contribution >= 4 is 6.09 Å². The second-order valence-electron chi connectivity index (χ2n) is 5.02. The van der Waals surface area contributed by atoms with Crippen LogP contribution in [0.25, 0.3) is 0 Å². The van der Waals surface area contributed by atoms with Crippen LogP contribution in [0.2, 0.25) is 0 Å². The summed E-state index contributed by atoms with van der Waals surface area (Å²) in [6, 6.07) is 0.0425. The first-order valence-electron chi connectivity index (χ1n) is 5.28. The van der Waals surface area contributed by atoms with Crippen molar-refractivity contribution in [2.45, 2.75) is 44.9 Å². The Morgan fingerprint density at radius 1 is 1.53 bits per heavy atom. The van der Waals surface area contributed by atoms with E-state index in [-0.39, 0.29) is 18.2 Å². The van der Waals surface area contributed by atoms with Crippen LogP contribution in [0.4, 0.5) is 4.79 Å². The summed E-state index contributed by atoms with van der Waals surface area (Å²) in [5.74, 6) is 0. The molecule has 88 valence electrons. The lowest BCUT2D eigenvalue weighted by Crippen LogP contribution is -2.43. The Balaban J connectivity index is 2.59. The van der Waals surface area contributed by atoms with Crippen LogP contribution in [0.15, 0.2) is 0 Å². The highest BCUT2D eigenvalue weighted by Gasteiger charge is 2.34. The second-order valence-corrected chi connectivity index (χ2v) is 5.02. The molecule has 4 N–H and O–H groups in total. The molecule has 1 aliphatic heterocycles. The molecule has 1 rings (SSSR count). The van der Waals surface area contributed by atoms with E-state index in [0.29, 0.717) is 13.1 Å². The van der Waals surface area contributed by atoms with E-state index in [4.69, 9.17) is 16.2 Å². The Morgan fingerprint density at radius 2 is 2.13 bits per heavy atom. The van der Waals surface area contributed by atoms with Gasteiger partial charge in [-0.2, -0.15) is 0 Å². The van der Waals surface area contributed by atoms with Crippen molar-refractivity contribution in [3.8, 4) is 0 Å². The Morgan fingerprint density at radius 3 is 2.60 bits per heavy atom. The lowest BCUT2D eigenvalue weighted by molar-refractivity contribution is 0.0230. The van der Waals surface area contributed by atoms with E-state index in [1.165, 1.54) is 0 Å². The van der Waals surface area contributed by atoms with Gasteiger partial charge in [0, 0.05) is 25.2 Å². The van der Waals surface area contributed by atoms with Gasteiger partial charge in [-0.05, 0) is 27.2 Å². The zero-order valence-corrected chi connectivity index (χ0v) is 9.69. The molecule has 1 amide bonds. The average Bonchev–Trinajstić information content (AvgIpc) is 2.43. The summed E-state index contributed by atoms with van der Waals surface area (Å²) >= 11 is 0. The van der Waals surface area contributed by atoms with Crippen LogP contribution in [0.5, 0.6) is 0 Å². The maximum absolute atomic E-state index is 11.8. The second kappa shape index (κ2) is 4.37. The minimum Gasteiger partial charge on any atom is -0.444 e. The molecule has 5 nitrogen and oxygen atoms in total. The number of carbonyl (C=O) groups excluding carboxylic acids is 1. The first-order chi connectivity index (χ1) is 6.83. The molecule has 15 heavy (non-hydrogen) atoms. The van der Waals surface area contributed by atoms with Crippen LogP contribution in [0.3, 0.4) is 0 Å². The summed E-state index contributed by atoms with van der Waals surface area (Å²) in [6.07, 6.45) is 0.446. The summed E-state index contributed by atoms with van der Waals surface area (Å²) < 4.78 is 5.28. The molecule has 0 aromatic carbocycles. The van der Waals surface area contributed by atoms with Crippen molar-refractivity contribution < 1.29 is 9.53 Å². The van der Waals surface area contributed by atoms with Crippen molar-refractivity contribution in [2.75, 3.05) is 13.1 Å². The van der Waals surface area contributed by atoms with E-state index in [9.17, 15) is 4.79 Å². The molecule has 0 radical (unpaired) electrons. The molecule has 5 heteroatoms. The molecule has 1 fully saturated rings. The molecule has 0 bridgehead atoms. The molecule has 0 spiro atoms. The Bertz CT molecular complexity index is 237. The highest BCUT2D eigenvalue weighted by atomic mass is 16.6. The largest absolute Gasteiger partial charge is 0.444 e. The topological polar surface area (TPSA) is 81.6 Å². The average molecular weight is 215 g/mol. The van der Waals surface area contributed by atoms with Crippen LogP contribution < -0.4 is 11.5 Å². The molecular formula is C10H21N3O2. The van der Waals surface area contributed by atoms with Gasteiger partial charge >= 0.3 is 6.09 Å². The lowest BCUT2D eigenvalue weighted by atomic mass is 10.2. The first-order valence-corrected chi connectivity index (χ1v) is 5.28. The van der Waals surface area contributed by atoms with E-state index in [1.54, 1.807) is 4.90 Å². The van der Waals surface area contributed by atoms with Crippen molar-refractivity contribution in [1.82, 2.24) is 4.90 Å². The van der Waals surface area contributed by atoms with Crippen LogP contribution in [-0.2, 0) is 4.74 Å². The molecule has 1 aliphatic rings. The predicted molar refractivity (Wildman–Crippen MR) is 58.4 cm³/mol. The van der Waals surface area contributed by atoms with E-state index in [1.807, 2.05) is 20.8 Å². The zero-order chi connectivity index (χ0) is 11.6. The van der Waals surface area contributed by atoms with Gasteiger partial charge in [0.2, 0.25) is 0 Å². The third-order valence-electron chi connectivity index (χ3n) is 2.35. The number of likely N-dealkylation sites (tertiary alicyclic amines) is 1. The molecular weight excluding hydrogens is 194 g/mol. The van der Waals surface area contributed by atoms with Gasteiger partial charge in [-0.3, -0.25) is 0 Å². The zero-order valence-electron chi connectivity index (χ0n) is 9.69. The Labute approximate surface area is 90.7 Å². The number of nitrogens with zero attached hydrogens (tertiary/aromatic N) is 1. The molecule has 2 atom stereocenters. The third kappa shape index (κ3) is 3.35. The summed E-state index contributed by atoms with van der Waals surface area (Å²) in [7, 11) is 0. The van der Waals surface area contributed by atoms with Crippen molar-refractivity contribution in [2.24, 2.45) is 11.5 Å². The lowest BCUT2D eigenvalue weighted by Gasteiger charge is -2.27. The number of hydrogen-bond acceptors (Lipinski definition) is 4. The SMILES string of the molecule is CC(C)(C)OC(=O)N1CC(N)CC1CN. The fraction of sp³-hybridized carbons (Fsp3) is 0.900. The quantitative estimate of drug-likeness (QED) is 0.658. The Kier molecular flexibility index (Phi) is 3.57. The van der Waals surface area contributed by atoms with Crippen molar-refractivity contribution in [3.63, 3.8) is 0 Å². The minimum atomic E-state index is -0.469. The van der Waals surface area contributed by atoms with E-state index in [0.717, 1.165) is 6.42 Å². The van der Waals surface area contributed by atoms with Crippen molar-refractivity contribution in [3.05, 3.63) is 0 Å². The number of rotatable bonds is 1. The normalized spacial score (nSPS) is 26.9. The van der Waals surface area contributed by atoms with Gasteiger partial charge < -0.3 is 21.1 Å². The molecule has 2 unspecified atom stereocenters. The smallest absolute Gasteiger partial charge is 0.410 e. The molecule has 0 saturated carbocycles. The van der Waals surface area contributed by atoms with Crippen LogP contribution >= 0.6 is 0 Å². The number of nitrogens with two attached hydrogens (primary N) is 2. The highest BCUT2D eigenvalue weighted by molar-refractivity contribution is 5.69. The van der Waals surface area contributed by atoms with Crippen LogP contribution in [0.1, 0.15) is 27.2 Å². The monoisotopic (exact) mass is 215 g/mol. The van der Waals surface area contributed by atoms with Gasteiger partial charge in [0.25, 0.3) is 0 Å². The highest BCUT2D eigenvalue weighted by Crippen LogP contribution is 2.19. The van der Waals surface area contributed by atoms with Gasteiger partial charge in [-0.1, -0.05) is 0 Å². The maximum atomic E-state index is 11.8. The van der Waals surface area contributed by atoms with Gasteiger partial charge in [0.1, 0.15) is 5.60 Å². The van der Waals surface area contributed by atoms with Crippen LogP contribution in [0, 0.1) is 0 Å². The van der Waals surface area contributed by atoms with E-state index >= 15 is 0 Å². The van der Waals surface area contributed by atoms with Gasteiger partial charge in [0.15, 0.2) is 0 Å². The Hall–Kier alpha value is -0.810. The first kappa shape index (κ1) is 12.3. The molecule has 0 aliphatic carbocycles. The predicted octanol–water partition coefficient (Wildman–Crippen LogP) is 0.282. The number of carbonyl (C=O) groups is 1. The molecule has 0 aromatic heterocycles. The fourth-order valence-electron chi connectivity index (χ4n) is 1.72. The number of hydrogen-bond donors (Lipinski definition) is 2. The van der Waals surface area contributed by atoms with Crippen LogP contribution in [-0.4, -0.2) is 41.8 Å². The number of ether oxygens (including phenoxy) is 1. The standard InChI is InChI=1S/C10H21N3O2/c1-10(2,3)15-9(14)13-6-7(12)4-8(13)5-11/h7-8H,4-6,11-12H2,1-3H3. The van der Waals surface area contributed by atoms with E-state index in [2.05, 4.69) is 0 Å². The third-order valence-corrected chi connectivity index (χ3v) is 2.35. The van der Waals surface area contributed by atoms with Gasteiger partial charge in [-0.15, -0.1) is 0 Å². The molecule has 1 heterocycles. The number of amides is 1. The summed E-state index contributed by atoms with van der Waals surface area (Å²) in [5.41, 5.74) is 10.9. The summed E-state index contributed by atoms with van der Waals surface area (Å²) in [5, 5.41) is 0. The van der Waals surface area contributed by atoms with Gasteiger partial charge in [0.05, 0.1) is 0 Å².